The first-order chi connectivity index (χ1) is 18.9. The Balaban J connectivity index is 1.77. The van der Waals surface area contributed by atoms with Crippen molar-refractivity contribution in [3.8, 4) is 17.4 Å². The molecule has 0 saturated heterocycles. The van der Waals surface area contributed by atoms with Gasteiger partial charge in [-0.2, -0.15) is 30.6 Å². The number of ether oxygens (including phenoxy) is 3. The van der Waals surface area contributed by atoms with Crippen molar-refractivity contribution in [2.75, 3.05) is 26.9 Å². The Morgan fingerprint density at radius 3 is 2.55 bits per heavy atom. The fourth-order valence-electron chi connectivity index (χ4n) is 4.16. The molecule has 222 valence electrons. The van der Waals surface area contributed by atoms with E-state index in [1.54, 1.807) is 12.1 Å². The molecule has 0 aliphatic heterocycles. The minimum Gasteiger partial charge on any atom is -0.491 e. The van der Waals surface area contributed by atoms with Crippen molar-refractivity contribution in [1.82, 2.24) is 14.0 Å². The molecule has 2 N–H and O–H groups in total. The molecule has 1 saturated carbocycles. The van der Waals surface area contributed by atoms with Gasteiger partial charge in [-0.1, -0.05) is 36.9 Å². The quantitative estimate of drug-likeness (QED) is 0.279. The minimum absolute atomic E-state index is 0.0896. The molecule has 1 heterocycles. The lowest BCUT2D eigenvalue weighted by Gasteiger charge is -2.26. The molecule has 1 aliphatic rings. The second-order valence-electron chi connectivity index (χ2n) is 9.14. The van der Waals surface area contributed by atoms with E-state index < -0.39 is 28.0 Å². The van der Waals surface area contributed by atoms with Gasteiger partial charge in [-0.3, -0.25) is 0 Å². The summed E-state index contributed by atoms with van der Waals surface area (Å²) < 4.78 is 83.7. The summed E-state index contributed by atoms with van der Waals surface area (Å²) in [5.74, 6) is 0.232. The van der Waals surface area contributed by atoms with Crippen molar-refractivity contribution < 1.29 is 45.7 Å². The average Bonchev–Trinajstić information content (AvgIpc) is 2.88. The smallest absolute Gasteiger partial charge is 0.422 e. The highest BCUT2D eigenvalue weighted by atomic mass is 35.5. The minimum atomic E-state index is -4.64. The summed E-state index contributed by atoms with van der Waals surface area (Å²) in [7, 11) is -2.77. The standard InChI is InChI=1S/C25H31ClF3N3O7S/c1-37-12-13-38-20-10-9-17(22(15-20)39-23-21(26)14-18(16-30-23)25(27,28)29)6-5-11-32(24(33)34)40(35,36)31-19-7-3-2-4-8-19/h9-10,14-16,19,31H,2-8,11-13H2,1H3,(H,33,34). The lowest BCUT2D eigenvalue weighted by Crippen LogP contribution is -2.48. The number of carbonyl (C=O) groups is 1. The molecular formula is C25H31ClF3N3O7S. The van der Waals surface area contributed by atoms with Crippen molar-refractivity contribution in [1.29, 1.82) is 0 Å². The second-order valence-corrected chi connectivity index (χ2v) is 11.2. The van der Waals surface area contributed by atoms with Crippen LogP contribution in [0, 0.1) is 0 Å². The monoisotopic (exact) mass is 609 g/mol. The maximum absolute atomic E-state index is 13.0. The molecule has 10 nitrogen and oxygen atoms in total. The third kappa shape index (κ3) is 9.11. The number of amides is 1. The highest BCUT2D eigenvalue weighted by Gasteiger charge is 2.32. The molecule has 3 rings (SSSR count). The number of hydrogen-bond donors (Lipinski definition) is 2. The van der Waals surface area contributed by atoms with E-state index in [2.05, 4.69) is 9.71 Å². The predicted octanol–water partition coefficient (Wildman–Crippen LogP) is 5.65. The molecular weight excluding hydrogens is 579 g/mol. The normalized spacial score (nSPS) is 14.6. The van der Waals surface area contributed by atoms with E-state index in [4.69, 9.17) is 25.8 Å². The number of carboxylic acid groups (broad SMARTS) is 1. The molecule has 40 heavy (non-hydrogen) atoms. The van der Waals surface area contributed by atoms with Crippen molar-refractivity contribution in [3.63, 3.8) is 0 Å². The summed E-state index contributed by atoms with van der Waals surface area (Å²) >= 11 is 6.01. The maximum Gasteiger partial charge on any atom is 0.422 e. The largest absolute Gasteiger partial charge is 0.491 e. The molecule has 0 unspecified atom stereocenters. The van der Waals surface area contributed by atoms with E-state index in [0.717, 1.165) is 19.3 Å². The summed E-state index contributed by atoms with van der Waals surface area (Å²) in [5, 5.41) is 9.21. The van der Waals surface area contributed by atoms with Gasteiger partial charge in [0.15, 0.2) is 0 Å². The van der Waals surface area contributed by atoms with Crippen molar-refractivity contribution in [2.24, 2.45) is 0 Å². The van der Waals surface area contributed by atoms with Gasteiger partial charge < -0.3 is 19.3 Å². The van der Waals surface area contributed by atoms with Crippen LogP contribution < -0.4 is 14.2 Å². The Morgan fingerprint density at radius 2 is 1.93 bits per heavy atom. The predicted molar refractivity (Wildman–Crippen MR) is 140 cm³/mol. The maximum atomic E-state index is 13.0. The van der Waals surface area contributed by atoms with E-state index in [1.807, 2.05) is 0 Å². The topological polar surface area (TPSA) is 127 Å². The number of methoxy groups -OCH3 is 1. The van der Waals surface area contributed by atoms with Crippen molar-refractivity contribution in [2.45, 2.75) is 57.2 Å². The third-order valence-corrected chi connectivity index (χ3v) is 7.99. The molecule has 0 atom stereocenters. The number of pyridine rings is 1. The third-order valence-electron chi connectivity index (χ3n) is 6.17. The van der Waals surface area contributed by atoms with Gasteiger partial charge in [0.1, 0.15) is 23.1 Å². The number of aromatic nitrogens is 1. The summed E-state index contributed by atoms with van der Waals surface area (Å²) in [6.07, 6.45) is -1.37. The average molecular weight is 610 g/mol. The van der Waals surface area contributed by atoms with Gasteiger partial charge in [0.2, 0.25) is 5.88 Å². The summed E-state index contributed by atoms with van der Waals surface area (Å²) in [6, 6.07) is 5.10. The van der Waals surface area contributed by atoms with Crippen LogP contribution >= 0.6 is 11.6 Å². The number of rotatable bonds is 13. The summed E-state index contributed by atoms with van der Waals surface area (Å²) in [6.45, 7) is 0.189. The number of nitrogens with one attached hydrogen (secondary N) is 1. The second kappa shape index (κ2) is 14.2. The van der Waals surface area contributed by atoms with Gasteiger partial charge in [0, 0.05) is 32.0 Å². The van der Waals surface area contributed by atoms with Gasteiger partial charge in [0.05, 0.1) is 12.2 Å². The van der Waals surface area contributed by atoms with E-state index >= 15 is 0 Å². The Morgan fingerprint density at radius 1 is 1.20 bits per heavy atom. The van der Waals surface area contributed by atoms with Crippen molar-refractivity contribution in [3.05, 3.63) is 46.6 Å². The Bertz CT molecular complexity index is 1260. The van der Waals surface area contributed by atoms with Gasteiger partial charge in [-0.25, -0.2) is 9.78 Å². The number of halogens is 4. The molecule has 1 aromatic carbocycles. The van der Waals surface area contributed by atoms with Crippen LogP contribution in [0.25, 0.3) is 0 Å². The summed E-state index contributed by atoms with van der Waals surface area (Å²) in [5.41, 5.74) is -0.543. The molecule has 0 bridgehead atoms. The molecule has 0 radical (unpaired) electrons. The van der Waals surface area contributed by atoms with E-state index in [1.165, 1.54) is 13.2 Å². The first-order valence-corrected chi connectivity index (χ1v) is 14.4. The fraction of sp³-hybridized carbons (Fsp3) is 0.520. The van der Waals surface area contributed by atoms with Crippen LogP contribution in [0.5, 0.6) is 17.4 Å². The number of aryl methyl sites for hydroxylation is 1. The Labute approximate surface area is 235 Å². The van der Waals surface area contributed by atoms with Gasteiger partial charge >= 0.3 is 22.5 Å². The Hall–Kier alpha value is -2.81. The number of hydrogen-bond acceptors (Lipinski definition) is 7. The molecule has 2 aromatic rings. The zero-order chi connectivity index (χ0) is 29.3. The summed E-state index contributed by atoms with van der Waals surface area (Å²) in [4.78, 5) is 15.5. The van der Waals surface area contributed by atoms with Crippen LogP contribution in [0.2, 0.25) is 5.02 Å². The van der Waals surface area contributed by atoms with Crippen LogP contribution in [0.1, 0.15) is 49.7 Å². The zero-order valence-corrected chi connectivity index (χ0v) is 23.3. The molecule has 0 spiro atoms. The molecule has 1 aromatic heterocycles. The number of alkyl halides is 3. The van der Waals surface area contributed by atoms with Gasteiger partial charge in [-0.05, 0) is 43.4 Å². The number of nitrogens with zero attached hydrogens (tertiary/aromatic N) is 2. The van der Waals surface area contributed by atoms with Gasteiger partial charge in [-0.15, -0.1) is 0 Å². The van der Waals surface area contributed by atoms with Gasteiger partial charge in [0.25, 0.3) is 0 Å². The zero-order valence-electron chi connectivity index (χ0n) is 21.7. The first kappa shape index (κ1) is 31.7. The highest BCUT2D eigenvalue weighted by Crippen LogP contribution is 2.36. The molecule has 1 aliphatic carbocycles. The molecule has 1 fully saturated rings. The van der Waals surface area contributed by atoms with Crippen LogP contribution in [0.4, 0.5) is 18.0 Å². The van der Waals surface area contributed by atoms with Crippen LogP contribution in [0.3, 0.4) is 0 Å². The lowest BCUT2D eigenvalue weighted by atomic mass is 9.96. The molecule has 1 amide bonds. The Kier molecular flexibility index (Phi) is 11.3. The van der Waals surface area contributed by atoms with Crippen LogP contribution in [0.15, 0.2) is 30.5 Å². The fourth-order valence-corrected chi connectivity index (χ4v) is 5.72. The van der Waals surface area contributed by atoms with Crippen LogP contribution in [-0.2, 0) is 27.5 Å². The van der Waals surface area contributed by atoms with E-state index in [9.17, 15) is 31.5 Å². The highest BCUT2D eigenvalue weighted by molar-refractivity contribution is 7.87. The van der Waals surface area contributed by atoms with E-state index in [0.29, 0.717) is 47.3 Å². The van der Waals surface area contributed by atoms with Crippen molar-refractivity contribution >= 4 is 27.9 Å². The number of benzene rings is 1. The van der Waals surface area contributed by atoms with E-state index in [-0.39, 0.29) is 48.7 Å². The lowest BCUT2D eigenvalue weighted by molar-refractivity contribution is -0.137. The first-order valence-electron chi connectivity index (χ1n) is 12.6. The SMILES string of the molecule is COCCOc1ccc(CCCN(C(=O)O)S(=O)(=O)NC2CCCCC2)c(Oc2ncc(C(F)(F)F)cc2Cl)c1. The molecule has 15 heteroatoms. The van der Waals surface area contributed by atoms with Crippen LogP contribution in [-0.4, -0.2) is 61.8 Å².